The van der Waals surface area contributed by atoms with E-state index in [0.29, 0.717) is 54.3 Å². The third-order valence-corrected chi connectivity index (χ3v) is 13.7. The van der Waals surface area contributed by atoms with Crippen molar-refractivity contribution in [1.82, 2.24) is 24.3 Å². The summed E-state index contributed by atoms with van der Waals surface area (Å²) in [6.45, 7) is -0.0643. The maximum absolute atomic E-state index is 15.5. The van der Waals surface area contributed by atoms with E-state index in [4.69, 9.17) is 4.74 Å². The van der Waals surface area contributed by atoms with Crippen LogP contribution < -0.4 is 14.8 Å². The maximum Gasteiger partial charge on any atom is 0.263 e. The Balaban J connectivity index is 1.13. The van der Waals surface area contributed by atoms with Crippen LogP contribution in [-0.2, 0) is 24.4 Å². The Bertz CT molecular complexity index is 2280. The fourth-order valence-corrected chi connectivity index (χ4v) is 9.81. The van der Waals surface area contributed by atoms with Gasteiger partial charge in [0.15, 0.2) is 5.78 Å². The first-order valence-electron chi connectivity index (χ1n) is 18.4. The van der Waals surface area contributed by atoms with Crippen molar-refractivity contribution < 1.29 is 36.7 Å². The Kier molecular flexibility index (Phi) is 9.71. The molecule has 15 heteroatoms. The van der Waals surface area contributed by atoms with Crippen molar-refractivity contribution in [2.45, 2.75) is 87.6 Å². The van der Waals surface area contributed by atoms with Gasteiger partial charge in [0.1, 0.15) is 22.8 Å². The minimum atomic E-state index is -3.88. The van der Waals surface area contributed by atoms with Crippen LogP contribution in [0.25, 0.3) is 21.7 Å². The highest BCUT2D eigenvalue weighted by Crippen LogP contribution is 2.57. The summed E-state index contributed by atoms with van der Waals surface area (Å²) in [5.41, 5.74) is -0.707. The number of para-hydroxylation sites is 1. The van der Waals surface area contributed by atoms with Crippen LogP contribution in [0.1, 0.15) is 73.9 Å². The number of nitrogens with one attached hydrogen (secondary N) is 2. The van der Waals surface area contributed by atoms with E-state index >= 15 is 4.39 Å². The standard InChI is InChI=1S/C39H40FN5O7S2/c40-28-12-8-11-27-26-10-6-7-13-29(26)43-36(34(27)28)52-24-19-31-32(46)21-39(38(49)44-54(50,51)25-15-16-25)20-23(39)9-4-2-1-3-5-14-30(37(48)45(31)22-24)42-35(47)33-17-18-41-53-33/h4,6-13,17-18,23-25,30-31H,1-3,5,14-16,19-22H2,(H,42,47)(H,44,49)/b9-4-/t23-,24-,30+,31+,39-/m1/s1. The molecule has 5 atom stereocenters. The number of amides is 3. The number of ketones is 1. The number of rotatable bonds is 7. The second kappa shape index (κ2) is 14.5. The Labute approximate surface area is 315 Å². The molecule has 4 aromatic rings. The van der Waals surface area contributed by atoms with Crippen molar-refractivity contribution in [3.63, 3.8) is 0 Å². The minimum Gasteiger partial charge on any atom is -0.472 e. The highest BCUT2D eigenvalue weighted by Gasteiger charge is 2.61. The number of nitrogens with zero attached hydrogens (tertiary/aromatic N) is 3. The van der Waals surface area contributed by atoms with Gasteiger partial charge in [0.2, 0.25) is 27.7 Å². The van der Waals surface area contributed by atoms with Crippen LogP contribution in [0.4, 0.5) is 4.39 Å². The molecule has 282 valence electrons. The summed E-state index contributed by atoms with van der Waals surface area (Å²) in [5.74, 6) is -2.92. The van der Waals surface area contributed by atoms with Gasteiger partial charge >= 0.3 is 0 Å². The number of pyridine rings is 1. The summed E-state index contributed by atoms with van der Waals surface area (Å²) < 4.78 is 53.9. The predicted octanol–water partition coefficient (Wildman–Crippen LogP) is 5.22. The van der Waals surface area contributed by atoms with E-state index in [1.54, 1.807) is 24.3 Å². The molecule has 1 saturated heterocycles. The highest BCUT2D eigenvalue weighted by molar-refractivity contribution is 7.90. The topological polar surface area (TPSA) is 165 Å². The van der Waals surface area contributed by atoms with Gasteiger partial charge in [0.05, 0.1) is 34.2 Å². The van der Waals surface area contributed by atoms with Crippen molar-refractivity contribution in [2.24, 2.45) is 11.3 Å². The van der Waals surface area contributed by atoms with E-state index in [2.05, 4.69) is 19.4 Å². The lowest BCUT2D eigenvalue weighted by molar-refractivity contribution is -0.140. The molecular formula is C39H40FN5O7S2. The number of ether oxygens (including phenoxy) is 1. The number of hydrogen-bond acceptors (Lipinski definition) is 10. The van der Waals surface area contributed by atoms with Crippen LogP contribution in [-0.4, -0.2) is 76.2 Å². The van der Waals surface area contributed by atoms with Gasteiger partial charge in [-0.3, -0.25) is 23.9 Å². The third kappa shape index (κ3) is 7.10. The second-order valence-electron chi connectivity index (χ2n) is 14.8. The maximum atomic E-state index is 15.5. The molecule has 0 spiro atoms. The van der Waals surface area contributed by atoms with E-state index in [1.165, 1.54) is 17.2 Å². The molecule has 12 nitrogen and oxygen atoms in total. The first-order valence-corrected chi connectivity index (χ1v) is 20.8. The molecule has 3 fully saturated rings. The number of fused-ring (bicyclic) bond motifs is 5. The molecule has 2 aromatic heterocycles. The zero-order valence-corrected chi connectivity index (χ0v) is 31.0. The fourth-order valence-electron chi connectivity index (χ4n) is 7.92. The lowest BCUT2D eigenvalue weighted by Gasteiger charge is -2.29. The van der Waals surface area contributed by atoms with Gasteiger partial charge in [-0.25, -0.2) is 22.2 Å². The predicted molar refractivity (Wildman–Crippen MR) is 200 cm³/mol. The van der Waals surface area contributed by atoms with E-state index < -0.39 is 68.2 Å². The molecule has 4 aliphatic rings. The summed E-state index contributed by atoms with van der Waals surface area (Å²) >= 11 is 1.00. The van der Waals surface area contributed by atoms with Crippen molar-refractivity contribution in [3.05, 3.63) is 77.6 Å². The Morgan fingerprint density at radius 2 is 1.81 bits per heavy atom. The number of carbonyl (C=O) groups excluding carboxylic acids is 4. The van der Waals surface area contributed by atoms with E-state index in [-0.39, 0.29) is 36.6 Å². The average Bonchev–Trinajstić information content (AvgIpc) is 4.01. The summed E-state index contributed by atoms with van der Waals surface area (Å²) in [7, 11) is -3.88. The lowest BCUT2D eigenvalue weighted by Crippen LogP contribution is -2.52. The van der Waals surface area contributed by atoms with Gasteiger partial charge in [-0.05, 0) is 79.6 Å². The van der Waals surface area contributed by atoms with Gasteiger partial charge in [-0.15, -0.1) is 0 Å². The second-order valence-corrected chi connectivity index (χ2v) is 17.6. The van der Waals surface area contributed by atoms with Crippen LogP contribution in [0, 0.1) is 17.2 Å². The number of sulfonamides is 1. The molecule has 2 saturated carbocycles. The fraction of sp³-hybridized carbons (Fsp3) is 0.436. The van der Waals surface area contributed by atoms with E-state index in [9.17, 15) is 27.6 Å². The van der Waals surface area contributed by atoms with Gasteiger partial charge in [0.25, 0.3) is 5.91 Å². The highest BCUT2D eigenvalue weighted by atomic mass is 32.2. The molecule has 2 aliphatic heterocycles. The van der Waals surface area contributed by atoms with Gasteiger partial charge in [-0.1, -0.05) is 55.3 Å². The normalized spacial score (nSPS) is 27.0. The summed E-state index contributed by atoms with van der Waals surface area (Å²) in [6, 6.07) is 11.5. The summed E-state index contributed by atoms with van der Waals surface area (Å²) in [5, 5.41) is 3.77. The number of benzene rings is 2. The van der Waals surface area contributed by atoms with Gasteiger partial charge in [0, 0.05) is 24.4 Å². The number of halogens is 1. The molecule has 2 aromatic carbocycles. The lowest BCUT2D eigenvalue weighted by atomic mass is 9.91. The van der Waals surface area contributed by atoms with Gasteiger partial charge in [-0.2, -0.15) is 0 Å². The smallest absolute Gasteiger partial charge is 0.263 e. The largest absolute Gasteiger partial charge is 0.472 e. The Morgan fingerprint density at radius 3 is 2.61 bits per heavy atom. The minimum absolute atomic E-state index is 0.0170. The van der Waals surface area contributed by atoms with Crippen LogP contribution in [0.5, 0.6) is 5.88 Å². The quantitative estimate of drug-likeness (QED) is 0.189. The van der Waals surface area contributed by atoms with Crippen molar-refractivity contribution in [1.29, 1.82) is 0 Å². The molecule has 0 bridgehead atoms. The zero-order valence-electron chi connectivity index (χ0n) is 29.4. The van der Waals surface area contributed by atoms with E-state index in [0.717, 1.165) is 29.8 Å². The van der Waals surface area contributed by atoms with Crippen LogP contribution in [0.3, 0.4) is 0 Å². The molecule has 4 heterocycles. The summed E-state index contributed by atoms with van der Waals surface area (Å²) in [4.78, 5) is 62.5. The SMILES string of the molecule is O=C(N[C@H]1CCCCC/C=C\[C@@H]2C[C@@]2(C(=O)NS(=O)(=O)C2CC2)CC(=O)[C@@H]2C[C@@H](Oc3nc4ccccc4c4cccc(F)c34)CN2C1=O)c1ccns1. The number of carbonyl (C=O) groups is 4. The van der Waals surface area contributed by atoms with Crippen molar-refractivity contribution in [3.8, 4) is 5.88 Å². The van der Waals surface area contributed by atoms with E-state index in [1.807, 2.05) is 30.4 Å². The van der Waals surface area contributed by atoms with Crippen molar-refractivity contribution in [2.75, 3.05) is 6.54 Å². The zero-order chi connectivity index (χ0) is 37.6. The third-order valence-electron chi connectivity index (χ3n) is 11.1. The first-order chi connectivity index (χ1) is 26.0. The molecule has 0 unspecified atom stereocenters. The Morgan fingerprint density at radius 1 is 1.00 bits per heavy atom. The molecular weight excluding hydrogens is 734 g/mol. The first kappa shape index (κ1) is 36.2. The molecule has 54 heavy (non-hydrogen) atoms. The van der Waals surface area contributed by atoms with Gasteiger partial charge < -0.3 is 15.0 Å². The summed E-state index contributed by atoms with van der Waals surface area (Å²) in [6.07, 6.45) is 8.77. The molecule has 2 aliphatic carbocycles. The van der Waals surface area contributed by atoms with Crippen LogP contribution in [0.15, 0.2) is 66.9 Å². The van der Waals surface area contributed by atoms with Crippen molar-refractivity contribution >= 4 is 66.7 Å². The number of Topliss-reactive ketones (excluding diaryl/α,β-unsaturated/α-hetero) is 1. The molecule has 0 radical (unpaired) electrons. The van der Waals surface area contributed by atoms with Crippen LogP contribution >= 0.6 is 11.5 Å². The average molecular weight is 774 g/mol. The monoisotopic (exact) mass is 773 g/mol. The Hall–Kier alpha value is -4.76. The number of allylic oxidation sites excluding steroid dienone is 2. The molecule has 3 amide bonds. The number of hydrogen-bond donors (Lipinski definition) is 2. The van der Waals surface area contributed by atoms with Crippen LogP contribution in [0.2, 0.25) is 0 Å². The molecule has 8 rings (SSSR count). The molecule has 2 N–H and O–H groups in total. The number of aromatic nitrogens is 2.